The Morgan fingerprint density at radius 3 is 2.65 bits per heavy atom. The van der Waals surface area contributed by atoms with E-state index in [0.29, 0.717) is 12.7 Å². The third kappa shape index (κ3) is 8.27. The molecule has 11 nitrogen and oxygen atoms in total. The third-order valence-corrected chi connectivity index (χ3v) is 5.65. The van der Waals surface area contributed by atoms with Gasteiger partial charge >= 0.3 is 0 Å². The largest absolute Gasteiger partial charge is 0.370 e. The van der Waals surface area contributed by atoms with Crippen LogP contribution < -0.4 is 27.1 Å². The van der Waals surface area contributed by atoms with E-state index in [9.17, 15) is 31.6 Å². The highest BCUT2D eigenvalue weighted by molar-refractivity contribution is 7.91. The molecule has 0 bridgehead atoms. The number of halogens is 2. The summed E-state index contributed by atoms with van der Waals surface area (Å²) in [6.07, 6.45) is 2.47. The molecular formula is C20H24F2N6O5S. The van der Waals surface area contributed by atoms with Gasteiger partial charge in [-0.3, -0.25) is 19.3 Å². The second-order valence-electron chi connectivity index (χ2n) is 7.21. The molecule has 0 fully saturated rings. The van der Waals surface area contributed by atoms with Crippen molar-refractivity contribution in [2.24, 2.45) is 16.5 Å². The normalized spacial score (nSPS) is 11.9. The van der Waals surface area contributed by atoms with E-state index in [1.807, 2.05) is 4.72 Å². The van der Waals surface area contributed by atoms with Gasteiger partial charge in [0.25, 0.3) is 5.56 Å². The number of aromatic nitrogens is 1. The lowest BCUT2D eigenvalue weighted by Crippen LogP contribution is -2.40. The lowest BCUT2D eigenvalue weighted by atomic mass is 10.2. The number of nitrogens with two attached hydrogens (primary N) is 2. The lowest BCUT2D eigenvalue weighted by molar-refractivity contribution is -0.124. The van der Waals surface area contributed by atoms with Gasteiger partial charge in [-0.15, -0.1) is 0 Å². The van der Waals surface area contributed by atoms with Crippen molar-refractivity contribution in [3.8, 4) is 0 Å². The first-order valence-electron chi connectivity index (χ1n) is 9.94. The summed E-state index contributed by atoms with van der Waals surface area (Å²) in [5, 5.41) is 2.45. The number of amides is 1. The van der Waals surface area contributed by atoms with E-state index in [1.54, 1.807) is 0 Å². The van der Waals surface area contributed by atoms with Crippen LogP contribution in [0.3, 0.4) is 0 Å². The highest BCUT2D eigenvalue weighted by Gasteiger charge is 2.18. The molecule has 34 heavy (non-hydrogen) atoms. The molecule has 1 amide bonds. The number of benzene rings is 1. The molecule has 1 atom stereocenters. The van der Waals surface area contributed by atoms with Crippen molar-refractivity contribution in [2.75, 3.05) is 11.3 Å². The van der Waals surface area contributed by atoms with Gasteiger partial charge < -0.3 is 26.1 Å². The Hall–Kier alpha value is -3.81. The fourth-order valence-corrected chi connectivity index (χ4v) is 4.10. The number of hydrogen-bond donors (Lipinski definition) is 4. The molecule has 0 spiro atoms. The number of aliphatic imine (C=N–C) groups is 1. The summed E-state index contributed by atoms with van der Waals surface area (Å²) in [6.45, 7) is -0.227. The van der Waals surface area contributed by atoms with Crippen molar-refractivity contribution in [3.63, 3.8) is 0 Å². The Morgan fingerprint density at radius 1 is 1.24 bits per heavy atom. The average molecular weight is 499 g/mol. The summed E-state index contributed by atoms with van der Waals surface area (Å²) in [4.78, 5) is 39.8. The van der Waals surface area contributed by atoms with Crippen molar-refractivity contribution >= 4 is 33.9 Å². The highest BCUT2D eigenvalue weighted by atomic mass is 32.2. The van der Waals surface area contributed by atoms with Crippen LogP contribution in [-0.4, -0.2) is 43.7 Å². The molecular weight excluding hydrogens is 474 g/mol. The molecule has 1 unspecified atom stereocenters. The standard InChI is InChI=1S/C20H24F2N6O5S/c21-14-5-6-16(22)13(9-14)12-34(32,33)27-17-4-2-8-28(19(17)31)10-18(30)26-15(11-29)3-1-7-25-20(23)24/h2,4-6,8-9,11,15,27H,1,3,7,10,12H2,(H,26,30)(H4,23,24,25). The van der Waals surface area contributed by atoms with E-state index in [-0.39, 0.29) is 18.9 Å². The molecule has 0 saturated heterocycles. The number of rotatable bonds is 12. The van der Waals surface area contributed by atoms with Gasteiger partial charge in [-0.2, -0.15) is 0 Å². The van der Waals surface area contributed by atoms with Gasteiger partial charge in [0.1, 0.15) is 30.2 Å². The SMILES string of the molecule is NC(N)=NCCCC(C=O)NC(=O)Cn1cccc(NS(=O)(=O)Cc2cc(F)ccc2F)c1=O. The molecule has 0 aliphatic rings. The molecule has 14 heteroatoms. The number of hydrogen-bond acceptors (Lipinski definition) is 6. The maximum absolute atomic E-state index is 13.8. The summed E-state index contributed by atoms with van der Waals surface area (Å²) in [5.74, 6) is -3.40. The topological polar surface area (TPSA) is 179 Å². The zero-order valence-electron chi connectivity index (χ0n) is 17.9. The van der Waals surface area contributed by atoms with E-state index < -0.39 is 62.7 Å². The van der Waals surface area contributed by atoms with Gasteiger partial charge in [0.15, 0.2) is 5.96 Å². The van der Waals surface area contributed by atoms with Crippen LogP contribution in [0.5, 0.6) is 0 Å². The third-order valence-electron chi connectivity index (χ3n) is 4.43. The van der Waals surface area contributed by atoms with E-state index in [1.165, 1.54) is 12.3 Å². The van der Waals surface area contributed by atoms with Crippen LogP contribution in [-0.2, 0) is 31.9 Å². The second-order valence-corrected chi connectivity index (χ2v) is 8.93. The average Bonchev–Trinajstić information content (AvgIpc) is 2.75. The number of anilines is 1. The summed E-state index contributed by atoms with van der Waals surface area (Å²) in [7, 11) is -4.28. The zero-order valence-corrected chi connectivity index (χ0v) is 18.7. The van der Waals surface area contributed by atoms with E-state index in [2.05, 4.69) is 10.3 Å². The zero-order chi connectivity index (χ0) is 25.3. The number of guanidine groups is 1. The molecule has 1 aromatic carbocycles. The van der Waals surface area contributed by atoms with Crippen molar-refractivity contribution in [1.29, 1.82) is 0 Å². The summed E-state index contributed by atoms with van der Waals surface area (Å²) < 4.78 is 54.8. The maximum Gasteiger partial charge on any atom is 0.275 e. The Kier molecular flexibility index (Phi) is 9.24. The molecule has 2 aromatic rings. The summed E-state index contributed by atoms with van der Waals surface area (Å²) >= 11 is 0. The fraction of sp³-hybridized carbons (Fsp3) is 0.300. The molecule has 6 N–H and O–H groups in total. The number of nitrogens with zero attached hydrogens (tertiary/aromatic N) is 2. The first-order valence-corrected chi connectivity index (χ1v) is 11.6. The van der Waals surface area contributed by atoms with Gasteiger partial charge in [0, 0.05) is 18.3 Å². The second kappa shape index (κ2) is 11.9. The van der Waals surface area contributed by atoms with E-state index in [0.717, 1.165) is 28.8 Å². The Labute approximate surface area is 193 Å². The maximum atomic E-state index is 13.8. The van der Waals surface area contributed by atoms with E-state index >= 15 is 0 Å². The van der Waals surface area contributed by atoms with Gasteiger partial charge in [-0.05, 0) is 43.2 Å². The molecule has 0 aliphatic carbocycles. The van der Waals surface area contributed by atoms with Crippen LogP contribution >= 0.6 is 0 Å². The Balaban J connectivity index is 2.05. The van der Waals surface area contributed by atoms with Gasteiger partial charge in [0.05, 0.1) is 11.8 Å². The first-order chi connectivity index (χ1) is 16.0. The molecule has 0 radical (unpaired) electrons. The van der Waals surface area contributed by atoms with E-state index in [4.69, 9.17) is 11.5 Å². The van der Waals surface area contributed by atoms with Crippen LogP contribution in [0.15, 0.2) is 46.3 Å². The van der Waals surface area contributed by atoms with Gasteiger partial charge in [-0.25, -0.2) is 17.2 Å². The predicted molar refractivity (Wildman–Crippen MR) is 121 cm³/mol. The van der Waals surface area contributed by atoms with Crippen molar-refractivity contribution in [3.05, 3.63) is 64.1 Å². The predicted octanol–water partition coefficient (Wildman–Crippen LogP) is -0.194. The minimum Gasteiger partial charge on any atom is -0.370 e. The van der Waals surface area contributed by atoms with Crippen LogP contribution in [0.2, 0.25) is 0 Å². The highest BCUT2D eigenvalue weighted by Crippen LogP contribution is 2.14. The van der Waals surface area contributed by atoms with Gasteiger partial charge in [-0.1, -0.05) is 0 Å². The number of sulfonamides is 1. The summed E-state index contributed by atoms with van der Waals surface area (Å²) in [5.41, 5.74) is 8.75. The van der Waals surface area contributed by atoms with Crippen LogP contribution in [0.25, 0.3) is 0 Å². The Morgan fingerprint density at radius 2 is 1.97 bits per heavy atom. The minimum absolute atomic E-state index is 0.0948. The quantitative estimate of drug-likeness (QED) is 0.135. The van der Waals surface area contributed by atoms with Gasteiger partial charge in [0.2, 0.25) is 15.9 Å². The van der Waals surface area contributed by atoms with Crippen molar-refractivity contribution < 1.29 is 26.8 Å². The number of carbonyl (C=O) groups is 2. The van der Waals surface area contributed by atoms with Crippen molar-refractivity contribution in [2.45, 2.75) is 31.2 Å². The fourth-order valence-electron chi connectivity index (χ4n) is 2.90. The molecule has 1 heterocycles. The smallest absolute Gasteiger partial charge is 0.275 e. The Bertz CT molecular complexity index is 1230. The number of nitrogens with one attached hydrogen (secondary N) is 2. The monoisotopic (exact) mass is 498 g/mol. The molecule has 0 saturated carbocycles. The molecule has 1 aromatic heterocycles. The molecule has 184 valence electrons. The first kappa shape index (κ1) is 26.4. The van der Waals surface area contributed by atoms with Crippen LogP contribution in [0.1, 0.15) is 18.4 Å². The number of carbonyl (C=O) groups excluding carboxylic acids is 2. The van der Waals surface area contributed by atoms with Crippen LogP contribution in [0, 0.1) is 11.6 Å². The summed E-state index contributed by atoms with van der Waals surface area (Å²) in [6, 6.07) is 4.03. The van der Waals surface area contributed by atoms with Crippen molar-refractivity contribution in [1.82, 2.24) is 9.88 Å². The molecule has 0 aliphatic heterocycles. The number of aldehydes is 1. The molecule has 2 rings (SSSR count). The lowest BCUT2D eigenvalue weighted by Gasteiger charge is -2.14. The number of pyridine rings is 1. The van der Waals surface area contributed by atoms with Crippen LogP contribution in [0.4, 0.5) is 14.5 Å². The minimum atomic E-state index is -4.28.